The van der Waals surface area contributed by atoms with E-state index in [-0.39, 0.29) is 21.5 Å². The molecule has 9 heteroatoms. The molecule has 5 nitrogen and oxygen atoms in total. The van der Waals surface area contributed by atoms with Crippen molar-refractivity contribution in [2.24, 2.45) is 11.1 Å². The highest BCUT2D eigenvalue weighted by Gasteiger charge is 2.29. The molecule has 0 radical (unpaired) electrons. The lowest BCUT2D eigenvalue weighted by atomic mass is 9.93. The molecule has 0 unspecified atom stereocenters. The summed E-state index contributed by atoms with van der Waals surface area (Å²) < 4.78 is 27.3. The van der Waals surface area contributed by atoms with E-state index in [4.69, 9.17) is 28.9 Å². The molecule has 0 saturated heterocycles. The van der Waals surface area contributed by atoms with E-state index in [0.29, 0.717) is 4.47 Å². The van der Waals surface area contributed by atoms with Crippen molar-refractivity contribution in [1.82, 2.24) is 4.72 Å². The van der Waals surface area contributed by atoms with E-state index >= 15 is 0 Å². The Morgan fingerprint density at radius 1 is 1.35 bits per heavy atom. The van der Waals surface area contributed by atoms with E-state index < -0.39 is 21.3 Å². The molecule has 0 spiro atoms. The van der Waals surface area contributed by atoms with Crippen molar-refractivity contribution in [3.63, 3.8) is 0 Å². The molecule has 0 aliphatic carbocycles. The molecule has 0 saturated carbocycles. The van der Waals surface area contributed by atoms with Crippen molar-refractivity contribution >= 4 is 55.1 Å². The van der Waals surface area contributed by atoms with Crippen LogP contribution in [-0.2, 0) is 14.8 Å². The number of nitrogens with two attached hydrogens (primary N) is 1. The topological polar surface area (TPSA) is 89.3 Å². The molecule has 1 aromatic carbocycles. The van der Waals surface area contributed by atoms with E-state index in [1.165, 1.54) is 26.0 Å². The lowest BCUT2D eigenvalue weighted by Gasteiger charge is -2.21. The van der Waals surface area contributed by atoms with Crippen LogP contribution in [0.25, 0.3) is 0 Å². The summed E-state index contributed by atoms with van der Waals surface area (Å²) >= 11 is 15.0. The average molecular weight is 404 g/mol. The van der Waals surface area contributed by atoms with Gasteiger partial charge in [-0.25, -0.2) is 13.1 Å². The number of hydrogen-bond donors (Lipinski definition) is 2. The molecule has 0 atom stereocenters. The van der Waals surface area contributed by atoms with Crippen LogP contribution in [0.15, 0.2) is 21.5 Å². The van der Waals surface area contributed by atoms with Crippen LogP contribution in [0, 0.1) is 5.41 Å². The Balaban J connectivity index is 3.11. The Labute approximate surface area is 136 Å². The van der Waals surface area contributed by atoms with Crippen LogP contribution < -0.4 is 10.5 Å². The smallest absolute Gasteiger partial charge is 0.243 e. The first-order valence-electron chi connectivity index (χ1n) is 5.41. The lowest BCUT2D eigenvalue weighted by Crippen LogP contribution is -2.42. The number of benzene rings is 1. The quantitative estimate of drug-likeness (QED) is 0.791. The second-order valence-electron chi connectivity index (χ2n) is 4.77. The van der Waals surface area contributed by atoms with E-state index in [9.17, 15) is 13.2 Å². The van der Waals surface area contributed by atoms with E-state index in [1.54, 1.807) is 0 Å². The highest BCUT2D eigenvalue weighted by atomic mass is 79.9. The van der Waals surface area contributed by atoms with Crippen LogP contribution in [0.5, 0.6) is 0 Å². The summed E-state index contributed by atoms with van der Waals surface area (Å²) in [5, 5.41) is -0.0393. The Kier molecular flexibility index (Phi) is 5.48. The van der Waals surface area contributed by atoms with E-state index in [0.717, 1.165) is 0 Å². The van der Waals surface area contributed by atoms with Crippen LogP contribution in [-0.4, -0.2) is 20.9 Å². The number of carbonyl (C=O) groups is 1. The first-order valence-corrected chi connectivity index (χ1v) is 8.45. The van der Waals surface area contributed by atoms with Gasteiger partial charge in [-0.3, -0.25) is 4.79 Å². The number of hydrogen-bond acceptors (Lipinski definition) is 3. The molecule has 1 rings (SSSR count). The number of nitrogens with one attached hydrogen (secondary N) is 1. The van der Waals surface area contributed by atoms with E-state index in [1.807, 2.05) is 0 Å². The van der Waals surface area contributed by atoms with Gasteiger partial charge in [-0.2, -0.15) is 0 Å². The summed E-state index contributed by atoms with van der Waals surface area (Å²) in [5.74, 6) is -0.617. The minimum atomic E-state index is -3.95. The molecule has 0 aliphatic heterocycles. The van der Waals surface area contributed by atoms with Gasteiger partial charge in [0.15, 0.2) is 0 Å². The third-order valence-corrected chi connectivity index (χ3v) is 5.38. The second kappa shape index (κ2) is 6.19. The first kappa shape index (κ1) is 17.7. The summed E-state index contributed by atoms with van der Waals surface area (Å²) in [6.07, 6.45) is 0. The first-order chi connectivity index (χ1) is 8.97. The summed E-state index contributed by atoms with van der Waals surface area (Å²) in [6, 6.07) is 2.84. The summed E-state index contributed by atoms with van der Waals surface area (Å²) in [4.78, 5) is 10.9. The van der Waals surface area contributed by atoms with Crippen molar-refractivity contribution < 1.29 is 13.2 Å². The van der Waals surface area contributed by atoms with Gasteiger partial charge in [-0.05, 0) is 26.0 Å². The normalized spacial score (nSPS) is 12.4. The van der Waals surface area contributed by atoms with Crippen LogP contribution in [0.3, 0.4) is 0 Å². The van der Waals surface area contributed by atoms with Crippen molar-refractivity contribution in [1.29, 1.82) is 0 Å². The minimum Gasteiger partial charge on any atom is -0.369 e. The molecule has 20 heavy (non-hydrogen) atoms. The SMILES string of the molecule is CC(C)(CNS(=O)(=O)c1c(Cl)cc(Br)cc1Cl)C(N)=O. The maximum atomic E-state index is 12.2. The summed E-state index contributed by atoms with van der Waals surface area (Å²) in [5.41, 5.74) is 4.16. The van der Waals surface area contributed by atoms with Gasteiger partial charge < -0.3 is 5.73 Å². The molecule has 0 fully saturated rings. The number of halogens is 3. The number of carbonyl (C=O) groups excluding carboxylic acids is 1. The monoisotopic (exact) mass is 402 g/mol. The van der Waals surface area contributed by atoms with Gasteiger partial charge >= 0.3 is 0 Å². The van der Waals surface area contributed by atoms with Gasteiger partial charge in [0.25, 0.3) is 0 Å². The average Bonchev–Trinajstić information content (AvgIpc) is 2.24. The molecule has 0 bridgehead atoms. The lowest BCUT2D eigenvalue weighted by molar-refractivity contribution is -0.125. The molecule has 1 aromatic rings. The molecule has 112 valence electrons. The fourth-order valence-electron chi connectivity index (χ4n) is 1.22. The third kappa shape index (κ3) is 4.08. The van der Waals surface area contributed by atoms with Gasteiger partial charge in [-0.15, -0.1) is 0 Å². The predicted molar refractivity (Wildman–Crippen MR) is 82.3 cm³/mol. The Bertz CT molecular complexity index is 624. The number of sulfonamides is 1. The van der Waals surface area contributed by atoms with Gasteiger partial charge in [0, 0.05) is 11.0 Å². The van der Waals surface area contributed by atoms with Crippen molar-refractivity contribution in [3.8, 4) is 0 Å². The zero-order valence-electron chi connectivity index (χ0n) is 10.7. The summed E-state index contributed by atoms with van der Waals surface area (Å²) in [7, 11) is -3.95. The predicted octanol–water partition coefficient (Wildman–Crippen LogP) is 2.55. The van der Waals surface area contributed by atoms with Crippen LogP contribution in [0.4, 0.5) is 0 Å². The molecule has 3 N–H and O–H groups in total. The van der Waals surface area contributed by atoms with Gasteiger partial charge in [-0.1, -0.05) is 39.1 Å². The highest BCUT2D eigenvalue weighted by Crippen LogP contribution is 2.32. The Hall–Kier alpha value is -0.340. The van der Waals surface area contributed by atoms with Crippen molar-refractivity contribution in [3.05, 3.63) is 26.7 Å². The number of rotatable bonds is 5. The molecule has 0 aromatic heterocycles. The minimum absolute atomic E-state index is 0.0197. The van der Waals surface area contributed by atoms with Gasteiger partial charge in [0.05, 0.1) is 15.5 Å². The fraction of sp³-hybridized carbons (Fsp3) is 0.364. The summed E-state index contributed by atoms with van der Waals surface area (Å²) in [6.45, 7) is 2.90. The maximum absolute atomic E-state index is 12.2. The van der Waals surface area contributed by atoms with Gasteiger partial charge in [0.1, 0.15) is 4.90 Å². The van der Waals surface area contributed by atoms with E-state index in [2.05, 4.69) is 20.7 Å². The zero-order valence-corrected chi connectivity index (χ0v) is 14.6. The zero-order chi connectivity index (χ0) is 15.7. The highest BCUT2D eigenvalue weighted by molar-refractivity contribution is 9.10. The van der Waals surface area contributed by atoms with Crippen molar-refractivity contribution in [2.45, 2.75) is 18.7 Å². The fourth-order valence-corrected chi connectivity index (χ4v) is 4.36. The molecular formula is C11H13BrCl2N2O3S. The largest absolute Gasteiger partial charge is 0.369 e. The second-order valence-corrected chi connectivity index (χ2v) is 8.21. The number of amides is 1. The molecule has 0 aliphatic rings. The maximum Gasteiger partial charge on any atom is 0.243 e. The molecule has 1 amide bonds. The number of primary amides is 1. The van der Waals surface area contributed by atoms with Crippen LogP contribution in [0.1, 0.15) is 13.8 Å². The van der Waals surface area contributed by atoms with Gasteiger partial charge in [0.2, 0.25) is 15.9 Å². The Morgan fingerprint density at radius 3 is 2.20 bits per heavy atom. The van der Waals surface area contributed by atoms with Crippen molar-refractivity contribution in [2.75, 3.05) is 6.54 Å². The van der Waals surface area contributed by atoms with Crippen LogP contribution >= 0.6 is 39.1 Å². The standard InChI is InChI=1S/C11H13BrCl2N2O3S/c1-11(2,10(15)17)5-16-20(18,19)9-7(13)3-6(12)4-8(9)14/h3-4,16H,5H2,1-2H3,(H2,15,17). The molecule has 0 heterocycles. The Morgan fingerprint density at radius 2 is 1.80 bits per heavy atom. The third-order valence-electron chi connectivity index (χ3n) is 2.60. The van der Waals surface area contributed by atoms with Crippen LogP contribution in [0.2, 0.25) is 10.0 Å². The molecular weight excluding hydrogens is 391 g/mol.